The molecule has 1 fully saturated rings. The van der Waals surface area contributed by atoms with Crippen molar-refractivity contribution in [2.75, 3.05) is 20.2 Å². The summed E-state index contributed by atoms with van der Waals surface area (Å²) in [7, 11) is 1.61. The van der Waals surface area contributed by atoms with Crippen LogP contribution in [0.1, 0.15) is 25.8 Å². The second-order valence-electron chi connectivity index (χ2n) is 6.73. The van der Waals surface area contributed by atoms with Crippen LogP contribution in [-0.2, 0) is 6.54 Å². The van der Waals surface area contributed by atoms with Crippen LogP contribution in [0.5, 0.6) is 5.75 Å². The van der Waals surface area contributed by atoms with Crippen molar-refractivity contribution in [3.05, 3.63) is 40.2 Å². The van der Waals surface area contributed by atoms with Gasteiger partial charge in [0.05, 0.1) is 20.2 Å². The molecule has 118 valence electrons. The van der Waals surface area contributed by atoms with E-state index in [0.717, 1.165) is 29.3 Å². The smallest absolute Gasteiger partial charge is 0.336 e. The molecule has 0 saturated carbocycles. The molecule has 1 aliphatic rings. The third-order valence-electron chi connectivity index (χ3n) is 4.56. The highest BCUT2D eigenvalue weighted by molar-refractivity contribution is 5.81. The maximum Gasteiger partial charge on any atom is 0.336 e. The molecule has 1 saturated heterocycles. The van der Waals surface area contributed by atoms with Gasteiger partial charge in [-0.1, -0.05) is 13.8 Å². The molecule has 1 aliphatic heterocycles. The zero-order valence-electron chi connectivity index (χ0n) is 13.5. The Balaban J connectivity index is 1.94. The van der Waals surface area contributed by atoms with E-state index in [2.05, 4.69) is 13.8 Å². The first-order valence-corrected chi connectivity index (χ1v) is 7.99. The SMILES string of the molecule is COc1ccc2c(C[NH+]3C[C@H](C)C[C@H](C)C3)cc(=O)oc2c1. The molecular formula is C18H24NO3+. The lowest BCUT2D eigenvalue weighted by molar-refractivity contribution is -0.925. The predicted octanol–water partition coefficient (Wildman–Crippen LogP) is 1.86. The number of quaternary nitrogens is 1. The number of methoxy groups -OCH3 is 1. The van der Waals surface area contributed by atoms with E-state index >= 15 is 0 Å². The van der Waals surface area contributed by atoms with Gasteiger partial charge in [0.2, 0.25) is 0 Å². The molecule has 0 spiro atoms. The molecule has 1 unspecified atom stereocenters. The summed E-state index contributed by atoms with van der Waals surface area (Å²) in [4.78, 5) is 13.4. The monoisotopic (exact) mass is 302 g/mol. The fourth-order valence-corrected chi connectivity index (χ4v) is 3.82. The standard InChI is InChI=1S/C18H23NO3/c1-12-6-13(2)10-19(9-12)11-14-7-18(20)22-17-8-15(21-3)4-5-16(14)17/h4-5,7-8,12-13H,6,9-11H2,1-3H3/p+1/t12-,13+. The quantitative estimate of drug-likeness (QED) is 0.880. The molecule has 4 nitrogen and oxygen atoms in total. The molecule has 1 N–H and O–H groups in total. The Labute approximate surface area is 130 Å². The zero-order chi connectivity index (χ0) is 15.7. The summed E-state index contributed by atoms with van der Waals surface area (Å²) in [6.07, 6.45) is 1.30. The van der Waals surface area contributed by atoms with Gasteiger partial charge >= 0.3 is 5.63 Å². The average molecular weight is 302 g/mol. The first kappa shape index (κ1) is 15.1. The molecule has 0 amide bonds. The summed E-state index contributed by atoms with van der Waals surface area (Å²) in [6, 6.07) is 7.34. The van der Waals surface area contributed by atoms with Crippen LogP contribution >= 0.6 is 0 Å². The van der Waals surface area contributed by atoms with E-state index in [1.807, 2.05) is 12.1 Å². The maximum absolute atomic E-state index is 11.9. The van der Waals surface area contributed by atoms with Crippen LogP contribution in [0.3, 0.4) is 0 Å². The van der Waals surface area contributed by atoms with E-state index in [1.165, 1.54) is 19.5 Å². The van der Waals surface area contributed by atoms with Crippen LogP contribution in [0, 0.1) is 11.8 Å². The third-order valence-corrected chi connectivity index (χ3v) is 4.56. The number of rotatable bonds is 3. The minimum Gasteiger partial charge on any atom is -0.497 e. The number of ether oxygens (including phenoxy) is 1. The number of piperidine rings is 1. The molecule has 22 heavy (non-hydrogen) atoms. The molecule has 1 aromatic heterocycles. The van der Waals surface area contributed by atoms with Crippen molar-refractivity contribution in [3.63, 3.8) is 0 Å². The Morgan fingerprint density at radius 3 is 2.64 bits per heavy atom. The molecule has 0 radical (unpaired) electrons. The van der Waals surface area contributed by atoms with E-state index in [-0.39, 0.29) is 5.63 Å². The predicted molar refractivity (Wildman–Crippen MR) is 86.4 cm³/mol. The van der Waals surface area contributed by atoms with Crippen molar-refractivity contribution < 1.29 is 14.1 Å². The minimum absolute atomic E-state index is 0.284. The Morgan fingerprint density at radius 2 is 1.95 bits per heavy atom. The van der Waals surface area contributed by atoms with Crippen molar-refractivity contribution in [1.82, 2.24) is 0 Å². The van der Waals surface area contributed by atoms with Gasteiger partial charge < -0.3 is 14.1 Å². The van der Waals surface area contributed by atoms with Crippen molar-refractivity contribution in [1.29, 1.82) is 0 Å². The van der Waals surface area contributed by atoms with Crippen LogP contribution in [0.2, 0.25) is 0 Å². The summed E-state index contributed by atoms with van der Waals surface area (Å²) in [5, 5.41) is 1.01. The van der Waals surface area contributed by atoms with E-state index in [4.69, 9.17) is 9.15 Å². The lowest BCUT2D eigenvalue weighted by Gasteiger charge is -2.32. The molecule has 3 rings (SSSR count). The van der Waals surface area contributed by atoms with E-state index < -0.39 is 0 Å². The first-order chi connectivity index (χ1) is 10.5. The van der Waals surface area contributed by atoms with Gasteiger partial charge in [0, 0.05) is 34.9 Å². The van der Waals surface area contributed by atoms with Crippen molar-refractivity contribution in [2.24, 2.45) is 11.8 Å². The molecule has 2 heterocycles. The van der Waals surface area contributed by atoms with Crippen LogP contribution in [0.4, 0.5) is 0 Å². The normalized spacial score (nSPS) is 25.3. The Morgan fingerprint density at radius 1 is 1.23 bits per heavy atom. The summed E-state index contributed by atoms with van der Waals surface area (Å²) < 4.78 is 10.5. The second kappa shape index (κ2) is 6.13. The average Bonchev–Trinajstić information content (AvgIpc) is 2.45. The zero-order valence-corrected chi connectivity index (χ0v) is 13.5. The number of benzene rings is 1. The fraction of sp³-hybridized carbons (Fsp3) is 0.500. The highest BCUT2D eigenvalue weighted by atomic mass is 16.5. The summed E-state index contributed by atoms with van der Waals surface area (Å²) >= 11 is 0. The Hall–Kier alpha value is -1.81. The van der Waals surface area contributed by atoms with Gasteiger partial charge in [-0.2, -0.15) is 0 Å². The highest BCUT2D eigenvalue weighted by Gasteiger charge is 2.25. The number of hydrogen-bond donors (Lipinski definition) is 1. The van der Waals surface area contributed by atoms with Crippen LogP contribution in [0.25, 0.3) is 11.0 Å². The van der Waals surface area contributed by atoms with Crippen molar-refractivity contribution >= 4 is 11.0 Å². The largest absolute Gasteiger partial charge is 0.497 e. The summed E-state index contributed by atoms with van der Waals surface area (Å²) in [5.74, 6) is 2.19. The van der Waals surface area contributed by atoms with Gasteiger partial charge in [0.15, 0.2) is 0 Å². The lowest BCUT2D eigenvalue weighted by Crippen LogP contribution is -3.13. The molecule has 2 aromatic rings. The Kier molecular flexibility index (Phi) is 4.21. The fourth-order valence-electron chi connectivity index (χ4n) is 3.82. The van der Waals surface area contributed by atoms with Crippen molar-refractivity contribution in [3.8, 4) is 5.75 Å². The van der Waals surface area contributed by atoms with Crippen LogP contribution < -0.4 is 15.3 Å². The second-order valence-corrected chi connectivity index (χ2v) is 6.73. The highest BCUT2D eigenvalue weighted by Crippen LogP contribution is 2.22. The number of fused-ring (bicyclic) bond motifs is 1. The van der Waals surface area contributed by atoms with Gasteiger partial charge in [-0.15, -0.1) is 0 Å². The topological polar surface area (TPSA) is 43.9 Å². The van der Waals surface area contributed by atoms with E-state index in [0.29, 0.717) is 11.3 Å². The molecule has 3 atom stereocenters. The molecular weight excluding hydrogens is 278 g/mol. The van der Waals surface area contributed by atoms with Crippen LogP contribution in [0.15, 0.2) is 33.5 Å². The first-order valence-electron chi connectivity index (χ1n) is 7.99. The van der Waals surface area contributed by atoms with Gasteiger partial charge in [-0.05, 0) is 18.6 Å². The van der Waals surface area contributed by atoms with Gasteiger partial charge in [-0.3, -0.25) is 0 Å². The molecule has 1 aromatic carbocycles. The number of likely N-dealkylation sites (tertiary alicyclic amines) is 1. The molecule has 0 bridgehead atoms. The van der Waals surface area contributed by atoms with Crippen molar-refractivity contribution in [2.45, 2.75) is 26.8 Å². The van der Waals surface area contributed by atoms with Gasteiger partial charge in [-0.25, -0.2) is 4.79 Å². The van der Waals surface area contributed by atoms with E-state index in [9.17, 15) is 4.79 Å². The third kappa shape index (κ3) is 3.17. The lowest BCUT2D eigenvalue weighted by atomic mass is 9.91. The number of hydrogen-bond acceptors (Lipinski definition) is 3. The van der Waals surface area contributed by atoms with Gasteiger partial charge in [0.25, 0.3) is 0 Å². The van der Waals surface area contributed by atoms with E-state index in [1.54, 1.807) is 24.1 Å². The van der Waals surface area contributed by atoms with Gasteiger partial charge in [0.1, 0.15) is 17.9 Å². The summed E-state index contributed by atoms with van der Waals surface area (Å²) in [6.45, 7) is 7.85. The Bertz CT molecular complexity index is 712. The summed E-state index contributed by atoms with van der Waals surface area (Å²) in [5.41, 5.74) is 1.40. The minimum atomic E-state index is -0.284. The molecule has 4 heteroatoms. The maximum atomic E-state index is 11.9. The van der Waals surface area contributed by atoms with Crippen LogP contribution in [-0.4, -0.2) is 20.2 Å². The molecule has 0 aliphatic carbocycles. The number of nitrogens with one attached hydrogen (secondary N) is 1.